The van der Waals surface area contributed by atoms with Crippen LogP contribution in [0.3, 0.4) is 0 Å². The molecule has 20 heavy (non-hydrogen) atoms. The Balaban J connectivity index is 2.13. The third-order valence-electron chi connectivity index (χ3n) is 3.89. The van der Waals surface area contributed by atoms with Crippen LogP contribution in [0.5, 0.6) is 0 Å². The minimum atomic E-state index is -1.70. The molecule has 2 aromatic rings. The maximum Gasteiger partial charge on any atom is 0.441 e. The van der Waals surface area contributed by atoms with Crippen molar-refractivity contribution >= 4 is 23.4 Å². The Kier molecular flexibility index (Phi) is 3.30. The lowest BCUT2D eigenvalue weighted by Gasteiger charge is -2.31. The largest absolute Gasteiger partial charge is 0.627 e. The molecule has 1 aliphatic rings. The normalized spacial score (nSPS) is 20.6. The Hall–Kier alpha value is -2.11. The molecule has 0 aliphatic carbocycles. The van der Waals surface area contributed by atoms with Crippen LogP contribution in [0, 0.1) is 0 Å². The molecular weight excluding hydrogens is 253 g/mol. The van der Waals surface area contributed by atoms with E-state index in [0.717, 1.165) is 10.9 Å². The van der Waals surface area contributed by atoms with E-state index in [2.05, 4.69) is 0 Å². The summed E-state index contributed by atoms with van der Waals surface area (Å²) in [5.41, 5.74) is 1.89. The van der Waals surface area contributed by atoms with Crippen molar-refractivity contribution in [1.29, 1.82) is 0 Å². The highest BCUT2D eigenvalue weighted by molar-refractivity contribution is 6.92. The number of rotatable bonds is 3. The zero-order valence-corrected chi connectivity index (χ0v) is 11.0. The summed E-state index contributed by atoms with van der Waals surface area (Å²) in [6.45, 7) is -1.92. The van der Waals surface area contributed by atoms with Crippen molar-refractivity contribution < 1.29 is 19.8 Å². The number of aliphatic hydroxyl groups is 1. The van der Waals surface area contributed by atoms with Crippen molar-refractivity contribution in [2.24, 2.45) is 0 Å². The second kappa shape index (κ2) is 5.11. The average molecular weight is 269 g/mol. The van der Waals surface area contributed by atoms with Crippen molar-refractivity contribution in [1.82, 2.24) is 0 Å². The van der Waals surface area contributed by atoms with Gasteiger partial charge in [-0.05, 0) is 0 Å². The van der Waals surface area contributed by atoms with Gasteiger partial charge >= 0.3 is 12.5 Å². The molecule has 3 N–H and O–H groups in total. The molecule has 1 saturated heterocycles. The van der Waals surface area contributed by atoms with Crippen molar-refractivity contribution in [3.8, 4) is 0 Å². The minimum absolute atomic E-state index is 0.220. The lowest BCUT2D eigenvalue weighted by Crippen LogP contribution is -3.08. The van der Waals surface area contributed by atoms with Crippen molar-refractivity contribution in [3.63, 3.8) is 0 Å². The number of hydrogen-bond donors (Lipinski definition) is 2. The topological polar surface area (TPSA) is 63.1 Å². The van der Waals surface area contributed by atoms with E-state index in [1.807, 2.05) is 65.9 Å². The van der Waals surface area contributed by atoms with Crippen molar-refractivity contribution in [2.75, 3.05) is 6.61 Å². The number of carbonyl (C=O) groups is 1. The monoisotopic (exact) mass is 269 g/mol. The number of benzene rings is 2. The molecule has 0 aromatic heterocycles. The van der Waals surface area contributed by atoms with E-state index in [4.69, 9.17) is 4.65 Å². The Morgan fingerprint density at radius 1 is 1.00 bits per heavy atom. The molecule has 0 saturated carbocycles. The van der Waals surface area contributed by atoms with Crippen LogP contribution in [0.25, 0.3) is 0 Å². The predicted octanol–water partition coefficient (Wildman–Crippen LogP) is -1.28. The summed E-state index contributed by atoms with van der Waals surface area (Å²) in [7, 11) is 0. The number of aliphatic hydroxyl groups excluding tert-OH is 1. The molecule has 4 nitrogen and oxygen atoms in total. The maximum absolute atomic E-state index is 12.0. The molecule has 1 aliphatic heterocycles. The highest BCUT2D eigenvalue weighted by Crippen LogP contribution is 2.07. The van der Waals surface area contributed by atoms with Gasteiger partial charge in [0.15, 0.2) is 6.04 Å². The van der Waals surface area contributed by atoms with Gasteiger partial charge in [-0.2, -0.15) is 0 Å². The molecule has 1 atom stereocenters. The van der Waals surface area contributed by atoms with E-state index in [-0.39, 0.29) is 12.6 Å². The van der Waals surface area contributed by atoms with Gasteiger partial charge in [0.1, 0.15) is 6.61 Å². The van der Waals surface area contributed by atoms with Crippen LogP contribution >= 0.6 is 0 Å². The molecule has 0 unspecified atom stereocenters. The highest BCUT2D eigenvalue weighted by atomic mass is 16.5. The zero-order chi connectivity index (χ0) is 14.0. The lowest BCUT2D eigenvalue weighted by atomic mass is 9.42. The van der Waals surface area contributed by atoms with E-state index < -0.39 is 12.5 Å². The van der Waals surface area contributed by atoms with Gasteiger partial charge in [0.05, 0.1) is 0 Å². The number of hydrogen-bond acceptors (Lipinski definition) is 3. The van der Waals surface area contributed by atoms with E-state index in [1.165, 1.54) is 0 Å². The molecule has 0 bridgehead atoms. The maximum atomic E-state index is 12.0. The minimum Gasteiger partial charge on any atom is -0.627 e. The first kappa shape index (κ1) is 12.9. The smallest absolute Gasteiger partial charge is 0.441 e. The van der Waals surface area contributed by atoms with Gasteiger partial charge in [-0.3, -0.25) is 0 Å². The Labute approximate surface area is 117 Å². The highest BCUT2D eigenvalue weighted by Gasteiger charge is 2.49. The summed E-state index contributed by atoms with van der Waals surface area (Å²) in [5.74, 6) is -0.361. The average Bonchev–Trinajstić information content (AvgIpc) is 2.87. The van der Waals surface area contributed by atoms with Crippen LogP contribution < -0.4 is 16.2 Å². The molecule has 1 heterocycles. The van der Waals surface area contributed by atoms with Gasteiger partial charge in [-0.1, -0.05) is 71.6 Å². The zero-order valence-electron chi connectivity index (χ0n) is 11.0. The molecule has 0 spiro atoms. The van der Waals surface area contributed by atoms with Gasteiger partial charge in [-0.15, -0.1) is 0 Å². The van der Waals surface area contributed by atoms with E-state index >= 15 is 0 Å². The summed E-state index contributed by atoms with van der Waals surface area (Å²) in [6.07, 6.45) is 0. The van der Waals surface area contributed by atoms with Crippen LogP contribution in [-0.2, 0) is 9.45 Å². The summed E-state index contributed by atoms with van der Waals surface area (Å²) in [6, 6.07) is 18.8. The summed E-state index contributed by atoms with van der Waals surface area (Å²) < 4.78 is 5.73. The third kappa shape index (κ3) is 2.01. The molecular formula is C15H16BNO3. The first-order valence-electron chi connectivity index (χ1n) is 6.72. The molecule has 102 valence electrons. The number of carbonyl (C=O) groups excluding carboxylic acids is 1. The summed E-state index contributed by atoms with van der Waals surface area (Å²) in [4.78, 5) is 12.0. The third-order valence-corrected chi connectivity index (χ3v) is 3.89. The second-order valence-corrected chi connectivity index (χ2v) is 5.09. The van der Waals surface area contributed by atoms with Crippen molar-refractivity contribution in [2.45, 2.75) is 6.04 Å². The molecule has 0 amide bonds. The Morgan fingerprint density at radius 3 is 1.90 bits per heavy atom. The molecule has 3 rings (SSSR count). The van der Waals surface area contributed by atoms with E-state index in [9.17, 15) is 9.90 Å². The fourth-order valence-electron chi connectivity index (χ4n) is 2.88. The standard InChI is InChI=1S/C15H16BNO3/c18-11-14-15(19)20-16(17-14,12-7-3-1-4-8-12)13-9-5-2-6-10-13/h1-10,14,18H,11,17H2/t14-/m0/s1. The fourth-order valence-corrected chi connectivity index (χ4v) is 2.88. The number of quaternary nitrogens is 1. The summed E-state index contributed by atoms with van der Waals surface area (Å²) >= 11 is 0. The van der Waals surface area contributed by atoms with Crippen LogP contribution in [0.2, 0.25) is 0 Å². The van der Waals surface area contributed by atoms with Gasteiger partial charge in [0.2, 0.25) is 0 Å². The molecule has 1 fully saturated rings. The predicted molar refractivity (Wildman–Crippen MR) is 76.8 cm³/mol. The molecule has 2 aromatic carbocycles. The fraction of sp³-hybridized carbons (Fsp3) is 0.133. The molecule has 0 radical (unpaired) electrons. The Morgan fingerprint density at radius 2 is 1.50 bits per heavy atom. The van der Waals surface area contributed by atoms with Crippen molar-refractivity contribution in [3.05, 3.63) is 60.7 Å². The quantitative estimate of drug-likeness (QED) is 0.683. The second-order valence-electron chi connectivity index (χ2n) is 5.09. The van der Waals surface area contributed by atoms with E-state index in [0.29, 0.717) is 0 Å². The van der Waals surface area contributed by atoms with E-state index in [1.54, 1.807) is 0 Å². The SMILES string of the molecule is O=C1O[B-](c2ccccc2)(c2ccccc2)[NH2+][C@H]1CO. The van der Waals surface area contributed by atoms with Gasteiger partial charge < -0.3 is 15.0 Å². The number of nitrogens with two attached hydrogens (primary N) is 1. The van der Waals surface area contributed by atoms with Crippen LogP contribution in [0.1, 0.15) is 0 Å². The molecule has 5 heteroatoms. The Bertz CT molecular complexity index is 564. The van der Waals surface area contributed by atoms with Gasteiger partial charge in [0.25, 0.3) is 0 Å². The lowest BCUT2D eigenvalue weighted by molar-refractivity contribution is -0.551. The summed E-state index contributed by atoms with van der Waals surface area (Å²) in [5, 5.41) is 11.2. The van der Waals surface area contributed by atoms with Gasteiger partial charge in [-0.25, -0.2) is 4.79 Å². The van der Waals surface area contributed by atoms with Crippen LogP contribution in [0.15, 0.2) is 60.7 Å². The van der Waals surface area contributed by atoms with Crippen LogP contribution in [0.4, 0.5) is 0 Å². The first-order valence-corrected chi connectivity index (χ1v) is 6.72. The first-order chi connectivity index (χ1) is 9.76. The van der Waals surface area contributed by atoms with Gasteiger partial charge in [0, 0.05) is 0 Å². The van der Waals surface area contributed by atoms with Crippen LogP contribution in [-0.4, -0.2) is 30.2 Å².